The first kappa shape index (κ1) is 21.0. The Hall–Kier alpha value is -2.73. The van der Waals surface area contributed by atoms with Gasteiger partial charge in [-0.05, 0) is 56.2 Å². The summed E-state index contributed by atoms with van der Waals surface area (Å²) < 4.78 is 0. The number of benzene rings is 1. The fraction of sp³-hybridized carbons (Fsp3) is 0.364. The summed E-state index contributed by atoms with van der Waals surface area (Å²) in [5, 5.41) is 3.40. The average molecular weight is 414 g/mol. The van der Waals surface area contributed by atoms with Gasteiger partial charge in [-0.2, -0.15) is 0 Å². The molecule has 0 saturated carbocycles. The fourth-order valence-electron chi connectivity index (χ4n) is 3.42. The Kier molecular flexibility index (Phi) is 6.99. The Balaban J connectivity index is 1.51. The van der Waals surface area contributed by atoms with E-state index in [2.05, 4.69) is 10.3 Å². The highest BCUT2D eigenvalue weighted by Crippen LogP contribution is 2.20. The maximum absolute atomic E-state index is 12.6. The highest BCUT2D eigenvalue weighted by molar-refractivity contribution is 6.30. The molecular weight excluding hydrogens is 390 g/mol. The second-order valence-corrected chi connectivity index (χ2v) is 7.70. The Morgan fingerprint density at radius 1 is 1.14 bits per heavy atom. The van der Waals surface area contributed by atoms with Gasteiger partial charge < -0.3 is 10.2 Å². The highest BCUT2D eigenvalue weighted by Gasteiger charge is 2.28. The number of amides is 2. The van der Waals surface area contributed by atoms with E-state index in [1.165, 1.54) is 0 Å². The zero-order valence-electron chi connectivity index (χ0n) is 16.4. The van der Waals surface area contributed by atoms with Gasteiger partial charge in [0.05, 0.1) is 5.92 Å². The molecule has 7 heteroatoms. The van der Waals surface area contributed by atoms with Gasteiger partial charge >= 0.3 is 0 Å². The molecule has 29 heavy (non-hydrogen) atoms. The van der Waals surface area contributed by atoms with Gasteiger partial charge in [-0.3, -0.25) is 14.4 Å². The minimum atomic E-state index is -0.276. The van der Waals surface area contributed by atoms with Crippen molar-refractivity contribution in [1.82, 2.24) is 9.88 Å². The van der Waals surface area contributed by atoms with Crippen molar-refractivity contribution in [2.24, 2.45) is 5.92 Å². The first-order valence-corrected chi connectivity index (χ1v) is 10.1. The van der Waals surface area contributed by atoms with Crippen molar-refractivity contribution in [3.63, 3.8) is 0 Å². The van der Waals surface area contributed by atoms with Crippen molar-refractivity contribution >= 4 is 35.0 Å². The smallest absolute Gasteiger partial charge is 0.230 e. The Bertz CT molecular complexity index is 898. The second kappa shape index (κ2) is 9.65. The van der Waals surface area contributed by atoms with Crippen LogP contribution in [0.1, 0.15) is 41.7 Å². The first-order valence-electron chi connectivity index (χ1n) is 9.73. The molecule has 1 fully saturated rings. The second-order valence-electron chi connectivity index (χ2n) is 7.26. The van der Waals surface area contributed by atoms with Crippen molar-refractivity contribution in [3.05, 3.63) is 58.7 Å². The van der Waals surface area contributed by atoms with E-state index < -0.39 is 0 Å². The predicted molar refractivity (Wildman–Crippen MR) is 112 cm³/mol. The molecule has 0 bridgehead atoms. The number of carbonyl (C=O) groups excluding carboxylic acids is 3. The van der Waals surface area contributed by atoms with Crippen LogP contribution in [-0.2, 0) is 9.59 Å². The molecule has 1 unspecified atom stereocenters. The third-order valence-electron chi connectivity index (χ3n) is 5.02. The van der Waals surface area contributed by atoms with E-state index in [1.807, 2.05) is 19.1 Å². The van der Waals surface area contributed by atoms with Gasteiger partial charge in [0.1, 0.15) is 5.82 Å². The summed E-state index contributed by atoms with van der Waals surface area (Å²) in [4.78, 5) is 43.4. The number of hydrogen-bond donors (Lipinski definition) is 1. The quantitative estimate of drug-likeness (QED) is 0.729. The predicted octanol–water partition coefficient (Wildman–Crippen LogP) is 3.88. The summed E-state index contributed by atoms with van der Waals surface area (Å²) in [6.45, 7) is 2.84. The van der Waals surface area contributed by atoms with Gasteiger partial charge in [-0.25, -0.2) is 4.98 Å². The molecule has 1 aliphatic rings. The number of nitrogens with one attached hydrogen (secondary N) is 1. The van der Waals surface area contributed by atoms with E-state index in [0.29, 0.717) is 29.5 Å². The first-order chi connectivity index (χ1) is 13.9. The minimum Gasteiger partial charge on any atom is -0.342 e. The van der Waals surface area contributed by atoms with E-state index in [1.54, 1.807) is 35.2 Å². The lowest BCUT2D eigenvalue weighted by atomic mass is 9.96. The summed E-state index contributed by atoms with van der Waals surface area (Å²) in [7, 11) is 0. The van der Waals surface area contributed by atoms with Crippen molar-refractivity contribution in [3.8, 4) is 0 Å². The van der Waals surface area contributed by atoms with E-state index in [4.69, 9.17) is 11.6 Å². The summed E-state index contributed by atoms with van der Waals surface area (Å²) in [6, 6.07) is 12.1. The van der Waals surface area contributed by atoms with Crippen LogP contribution >= 0.6 is 11.6 Å². The number of ketones is 1. The van der Waals surface area contributed by atoms with Gasteiger partial charge in [-0.1, -0.05) is 17.7 Å². The van der Waals surface area contributed by atoms with E-state index in [-0.39, 0.29) is 36.4 Å². The molecule has 0 aliphatic carbocycles. The number of hydrogen-bond acceptors (Lipinski definition) is 4. The lowest BCUT2D eigenvalue weighted by Crippen LogP contribution is -2.43. The Morgan fingerprint density at radius 3 is 2.62 bits per heavy atom. The van der Waals surface area contributed by atoms with Gasteiger partial charge in [0, 0.05) is 42.2 Å². The third kappa shape index (κ3) is 5.87. The molecule has 3 rings (SSSR count). The van der Waals surface area contributed by atoms with Gasteiger partial charge in [0.25, 0.3) is 0 Å². The van der Waals surface area contributed by atoms with Crippen molar-refractivity contribution in [1.29, 1.82) is 0 Å². The van der Waals surface area contributed by atoms with Crippen molar-refractivity contribution < 1.29 is 14.4 Å². The normalized spacial score (nSPS) is 16.3. The van der Waals surface area contributed by atoms with Crippen molar-refractivity contribution in [2.45, 2.75) is 32.6 Å². The maximum atomic E-state index is 12.6. The maximum Gasteiger partial charge on any atom is 0.230 e. The molecule has 6 nitrogen and oxygen atoms in total. The topological polar surface area (TPSA) is 79.4 Å². The van der Waals surface area contributed by atoms with Crippen LogP contribution in [0, 0.1) is 12.8 Å². The molecule has 2 aromatic rings. The molecule has 1 N–H and O–H groups in total. The Morgan fingerprint density at radius 2 is 1.90 bits per heavy atom. The number of Topliss-reactive ketones (excluding diaryl/α,β-unsaturated/α-hetero) is 1. The van der Waals surface area contributed by atoms with Crippen LogP contribution in [-0.4, -0.2) is 40.6 Å². The lowest BCUT2D eigenvalue weighted by molar-refractivity contribution is -0.134. The van der Waals surface area contributed by atoms with Crippen LogP contribution in [0.4, 0.5) is 5.82 Å². The van der Waals surface area contributed by atoms with Gasteiger partial charge in [0.2, 0.25) is 11.8 Å². The zero-order valence-corrected chi connectivity index (χ0v) is 17.1. The molecule has 1 aromatic heterocycles. The molecule has 1 aromatic carbocycles. The van der Waals surface area contributed by atoms with Crippen LogP contribution in [0.25, 0.3) is 0 Å². The van der Waals surface area contributed by atoms with Gasteiger partial charge in [-0.15, -0.1) is 0 Å². The number of anilines is 1. The van der Waals surface area contributed by atoms with Crippen LogP contribution < -0.4 is 5.32 Å². The summed E-state index contributed by atoms with van der Waals surface area (Å²) in [5.41, 5.74) is 1.37. The summed E-state index contributed by atoms with van der Waals surface area (Å²) in [5.74, 6) is -0.0721. The van der Waals surface area contributed by atoms with E-state index >= 15 is 0 Å². The molecule has 2 heterocycles. The molecule has 1 aliphatic heterocycles. The standard InChI is InChI=1S/C22H24ClN3O3/c1-15-4-2-6-20(24-15)25-22(29)17-5-3-13-26(14-17)21(28)12-11-19(27)16-7-9-18(23)10-8-16/h2,4,6-10,17H,3,5,11-14H2,1H3,(H,24,25,29). The number of halogens is 1. The molecule has 0 radical (unpaired) electrons. The number of likely N-dealkylation sites (tertiary alicyclic amines) is 1. The monoisotopic (exact) mass is 413 g/mol. The zero-order chi connectivity index (χ0) is 20.8. The third-order valence-corrected chi connectivity index (χ3v) is 5.27. The van der Waals surface area contributed by atoms with E-state index in [0.717, 1.165) is 18.5 Å². The number of aryl methyl sites for hydroxylation is 1. The fourth-order valence-corrected chi connectivity index (χ4v) is 3.54. The molecule has 0 spiro atoms. The minimum absolute atomic E-state index is 0.0909. The van der Waals surface area contributed by atoms with Crippen LogP contribution in [0.5, 0.6) is 0 Å². The molecule has 2 amide bonds. The summed E-state index contributed by atoms with van der Waals surface area (Å²) >= 11 is 5.83. The lowest BCUT2D eigenvalue weighted by Gasteiger charge is -2.32. The number of nitrogens with zero attached hydrogens (tertiary/aromatic N) is 2. The molecular formula is C22H24ClN3O3. The molecule has 1 saturated heterocycles. The SMILES string of the molecule is Cc1cccc(NC(=O)C2CCCN(C(=O)CCC(=O)c3ccc(Cl)cc3)C2)n1. The van der Waals surface area contributed by atoms with E-state index in [9.17, 15) is 14.4 Å². The number of rotatable bonds is 6. The van der Waals surface area contributed by atoms with Crippen LogP contribution in [0.2, 0.25) is 5.02 Å². The van der Waals surface area contributed by atoms with Crippen LogP contribution in [0.3, 0.4) is 0 Å². The highest BCUT2D eigenvalue weighted by atomic mass is 35.5. The number of carbonyl (C=O) groups is 3. The summed E-state index contributed by atoms with van der Waals surface area (Å²) in [6.07, 6.45) is 1.76. The van der Waals surface area contributed by atoms with Gasteiger partial charge in [0.15, 0.2) is 5.78 Å². The number of aromatic nitrogens is 1. The molecule has 1 atom stereocenters. The largest absolute Gasteiger partial charge is 0.342 e. The molecule has 152 valence electrons. The number of pyridine rings is 1. The average Bonchev–Trinajstić information content (AvgIpc) is 2.72. The Labute approximate surface area is 175 Å². The van der Waals surface area contributed by atoms with Crippen LogP contribution in [0.15, 0.2) is 42.5 Å². The van der Waals surface area contributed by atoms with Crippen molar-refractivity contribution in [2.75, 3.05) is 18.4 Å². The number of piperidine rings is 1.